The van der Waals surface area contributed by atoms with E-state index in [1.807, 2.05) is 0 Å². The minimum Gasteiger partial charge on any atom is -0.354 e. The average molecular weight is 308 g/mol. The third kappa shape index (κ3) is 3.69. The summed E-state index contributed by atoms with van der Waals surface area (Å²) in [7, 11) is 0. The molecule has 0 amide bonds. The third-order valence-corrected chi connectivity index (χ3v) is 4.34. The van der Waals surface area contributed by atoms with Gasteiger partial charge in [-0.15, -0.1) is 0 Å². The molecule has 1 N–H and O–H groups in total. The quantitative estimate of drug-likeness (QED) is 0.913. The van der Waals surface area contributed by atoms with Gasteiger partial charge in [-0.25, -0.2) is 9.36 Å². The molecule has 22 heavy (non-hydrogen) atoms. The Bertz CT molecular complexity index is 603. The molecule has 2 heterocycles. The van der Waals surface area contributed by atoms with E-state index in [0.29, 0.717) is 12.3 Å². The highest BCUT2D eigenvalue weighted by Gasteiger charge is 2.44. The van der Waals surface area contributed by atoms with E-state index in [0.717, 1.165) is 6.42 Å². The zero-order valence-corrected chi connectivity index (χ0v) is 14.5. The first kappa shape index (κ1) is 17.0. The Balaban J connectivity index is 2.35. The highest BCUT2D eigenvalue weighted by atomic mass is 16.5. The molecule has 0 aliphatic carbocycles. The second kappa shape index (κ2) is 5.69. The molecule has 3 atom stereocenters. The van der Waals surface area contributed by atoms with E-state index in [1.54, 1.807) is 0 Å². The molecule has 5 heteroatoms. The summed E-state index contributed by atoms with van der Waals surface area (Å²) in [6.07, 6.45) is 2.55. The Kier molecular flexibility index (Phi) is 4.39. The van der Waals surface area contributed by atoms with Gasteiger partial charge in [0.25, 0.3) is 5.56 Å². The molecule has 1 aromatic rings. The normalized spacial score (nSPS) is 26.4. The van der Waals surface area contributed by atoms with Crippen molar-refractivity contribution >= 4 is 0 Å². The third-order valence-electron chi connectivity index (χ3n) is 4.34. The van der Waals surface area contributed by atoms with Crippen LogP contribution in [0.3, 0.4) is 0 Å². The summed E-state index contributed by atoms with van der Waals surface area (Å²) in [6, 6.07) is 1.37. The molecule has 0 spiro atoms. The van der Waals surface area contributed by atoms with Crippen LogP contribution in [-0.2, 0) is 4.74 Å². The Morgan fingerprint density at radius 3 is 2.36 bits per heavy atom. The van der Waals surface area contributed by atoms with E-state index in [4.69, 9.17) is 4.74 Å². The fourth-order valence-corrected chi connectivity index (χ4v) is 3.30. The van der Waals surface area contributed by atoms with Gasteiger partial charge < -0.3 is 9.72 Å². The molecule has 1 unspecified atom stereocenters. The van der Waals surface area contributed by atoms with Crippen molar-refractivity contribution in [2.45, 2.75) is 66.7 Å². The molecule has 0 bridgehead atoms. The summed E-state index contributed by atoms with van der Waals surface area (Å²) >= 11 is 0. The highest BCUT2D eigenvalue weighted by molar-refractivity contribution is 4.93. The maximum absolute atomic E-state index is 12.0. The molecule has 0 aromatic carbocycles. The van der Waals surface area contributed by atoms with Crippen molar-refractivity contribution in [1.29, 1.82) is 0 Å². The van der Waals surface area contributed by atoms with Crippen molar-refractivity contribution in [1.82, 2.24) is 9.55 Å². The molecule has 1 saturated heterocycles. The van der Waals surface area contributed by atoms with Crippen LogP contribution in [0.5, 0.6) is 0 Å². The molecule has 124 valence electrons. The lowest BCUT2D eigenvalue weighted by Crippen LogP contribution is -2.37. The number of aromatic amines is 1. The topological polar surface area (TPSA) is 64.1 Å². The average Bonchev–Trinajstić information content (AvgIpc) is 2.69. The van der Waals surface area contributed by atoms with Crippen molar-refractivity contribution in [2.24, 2.45) is 16.7 Å². The fourth-order valence-electron chi connectivity index (χ4n) is 3.30. The second-order valence-corrected chi connectivity index (χ2v) is 8.59. The van der Waals surface area contributed by atoms with Crippen molar-refractivity contribution in [3.63, 3.8) is 0 Å². The molecule has 0 radical (unpaired) electrons. The maximum atomic E-state index is 12.0. The van der Waals surface area contributed by atoms with Gasteiger partial charge in [0.2, 0.25) is 0 Å². The summed E-state index contributed by atoms with van der Waals surface area (Å²) in [5.74, 6) is 0.309. The van der Waals surface area contributed by atoms with Gasteiger partial charge in [0.1, 0.15) is 6.23 Å². The van der Waals surface area contributed by atoms with Gasteiger partial charge in [-0.1, -0.05) is 41.5 Å². The first-order valence-corrected chi connectivity index (χ1v) is 7.95. The SMILES string of the molecule is CC(C)(C)CC1O[C@@H](n2c(=O)cc[nH]c2=O)C[C@H]1C(C)(C)C. The van der Waals surface area contributed by atoms with Crippen LogP contribution in [0.25, 0.3) is 0 Å². The second-order valence-electron chi connectivity index (χ2n) is 8.59. The summed E-state index contributed by atoms with van der Waals surface area (Å²) in [5, 5.41) is 0. The summed E-state index contributed by atoms with van der Waals surface area (Å²) in [5.41, 5.74) is -0.508. The Labute approximate surface area is 131 Å². The zero-order chi connectivity index (χ0) is 16.7. The standard InChI is InChI=1S/C17H28N2O3/c1-16(2,3)10-12-11(17(4,5)6)9-14(22-12)19-13(20)7-8-18-15(19)21/h7-8,11-12,14H,9-10H2,1-6H3,(H,18,21)/t11-,12?,14-/m1/s1. The van der Waals surface area contributed by atoms with E-state index in [2.05, 4.69) is 46.5 Å². The van der Waals surface area contributed by atoms with Crippen LogP contribution in [0.4, 0.5) is 0 Å². The van der Waals surface area contributed by atoms with E-state index < -0.39 is 11.9 Å². The molecular formula is C17H28N2O3. The van der Waals surface area contributed by atoms with Gasteiger partial charge in [0, 0.05) is 12.3 Å². The molecule has 1 aromatic heterocycles. The van der Waals surface area contributed by atoms with Crippen molar-refractivity contribution in [2.75, 3.05) is 0 Å². The number of H-pyrrole nitrogens is 1. The Hall–Kier alpha value is -1.36. The fraction of sp³-hybridized carbons (Fsp3) is 0.765. The van der Waals surface area contributed by atoms with Gasteiger partial charge in [-0.05, 0) is 29.6 Å². The Morgan fingerprint density at radius 2 is 1.86 bits per heavy atom. The van der Waals surface area contributed by atoms with E-state index >= 15 is 0 Å². The van der Waals surface area contributed by atoms with Crippen molar-refractivity contribution in [3.8, 4) is 0 Å². The van der Waals surface area contributed by atoms with Crippen LogP contribution in [0.1, 0.15) is 60.6 Å². The van der Waals surface area contributed by atoms with Crippen molar-refractivity contribution in [3.05, 3.63) is 33.1 Å². The molecule has 5 nitrogen and oxygen atoms in total. The molecule has 0 saturated carbocycles. The predicted molar refractivity (Wildman–Crippen MR) is 86.9 cm³/mol. The lowest BCUT2D eigenvalue weighted by Gasteiger charge is -2.33. The Morgan fingerprint density at radius 1 is 1.23 bits per heavy atom. The van der Waals surface area contributed by atoms with Gasteiger partial charge in [-0.3, -0.25) is 4.79 Å². The summed E-state index contributed by atoms with van der Waals surface area (Å²) in [4.78, 5) is 26.6. The molecule has 1 fully saturated rings. The largest absolute Gasteiger partial charge is 0.354 e. The summed E-state index contributed by atoms with van der Waals surface area (Å²) in [6.45, 7) is 13.1. The van der Waals surface area contributed by atoms with Gasteiger partial charge in [-0.2, -0.15) is 0 Å². The minimum atomic E-state index is -0.478. The minimum absolute atomic E-state index is 0.0523. The number of rotatable bonds is 2. The van der Waals surface area contributed by atoms with Crippen LogP contribution >= 0.6 is 0 Å². The molecule has 1 aliphatic heterocycles. The van der Waals surface area contributed by atoms with Gasteiger partial charge in [0.05, 0.1) is 6.10 Å². The van der Waals surface area contributed by atoms with Crippen LogP contribution in [0, 0.1) is 16.7 Å². The summed E-state index contributed by atoms with van der Waals surface area (Å²) < 4.78 is 7.38. The van der Waals surface area contributed by atoms with Crippen LogP contribution in [0.2, 0.25) is 0 Å². The number of nitrogens with zero attached hydrogens (tertiary/aromatic N) is 1. The lowest BCUT2D eigenvalue weighted by atomic mass is 9.73. The number of aromatic nitrogens is 2. The van der Waals surface area contributed by atoms with Gasteiger partial charge in [0.15, 0.2) is 0 Å². The van der Waals surface area contributed by atoms with Crippen LogP contribution < -0.4 is 11.2 Å². The van der Waals surface area contributed by atoms with Crippen molar-refractivity contribution < 1.29 is 4.74 Å². The smallest absolute Gasteiger partial charge is 0.330 e. The van der Waals surface area contributed by atoms with E-state index in [1.165, 1.54) is 16.8 Å². The van der Waals surface area contributed by atoms with Gasteiger partial charge >= 0.3 is 5.69 Å². The number of hydrogen-bond acceptors (Lipinski definition) is 3. The highest BCUT2D eigenvalue weighted by Crippen LogP contribution is 2.46. The van der Waals surface area contributed by atoms with E-state index in [9.17, 15) is 9.59 Å². The number of nitrogens with one attached hydrogen (secondary N) is 1. The zero-order valence-electron chi connectivity index (χ0n) is 14.5. The number of hydrogen-bond donors (Lipinski definition) is 1. The molecule has 1 aliphatic rings. The van der Waals surface area contributed by atoms with Crippen LogP contribution in [0.15, 0.2) is 21.9 Å². The monoisotopic (exact) mass is 308 g/mol. The molecule has 2 rings (SSSR count). The predicted octanol–water partition coefficient (Wildman–Crippen LogP) is 2.92. The van der Waals surface area contributed by atoms with Crippen LogP contribution in [-0.4, -0.2) is 15.7 Å². The first-order valence-electron chi connectivity index (χ1n) is 7.95. The molecular weight excluding hydrogens is 280 g/mol. The lowest BCUT2D eigenvalue weighted by molar-refractivity contribution is -0.0353. The first-order chi connectivity index (χ1) is 9.99. The van der Waals surface area contributed by atoms with E-state index in [-0.39, 0.29) is 22.5 Å². The number of ether oxygens (including phenoxy) is 1. The maximum Gasteiger partial charge on any atom is 0.330 e.